The van der Waals surface area contributed by atoms with Crippen molar-refractivity contribution in [1.82, 2.24) is 9.80 Å². The number of ether oxygens (including phenoxy) is 1. The van der Waals surface area contributed by atoms with Gasteiger partial charge in [0.2, 0.25) is 5.91 Å². The Bertz CT molecular complexity index is 691. The number of primary amides is 1. The average Bonchev–Trinajstić information content (AvgIpc) is 2.96. The van der Waals surface area contributed by atoms with Gasteiger partial charge in [-0.1, -0.05) is 24.3 Å². The van der Waals surface area contributed by atoms with Gasteiger partial charge in [-0.2, -0.15) is 0 Å². The molecule has 4 rings (SSSR count). The first kappa shape index (κ1) is 17.3. The largest absolute Gasteiger partial charge is 0.378 e. The molecule has 6 heteroatoms. The monoisotopic (exact) mass is 357 g/mol. The fourth-order valence-electron chi connectivity index (χ4n) is 4.99. The van der Waals surface area contributed by atoms with Crippen LogP contribution in [-0.2, 0) is 14.9 Å². The van der Waals surface area contributed by atoms with Crippen molar-refractivity contribution in [2.75, 3.05) is 39.4 Å². The molecule has 140 valence electrons. The number of benzene rings is 1. The Balaban J connectivity index is 1.51. The number of piperidine rings is 1. The van der Waals surface area contributed by atoms with Crippen LogP contribution in [-0.4, -0.2) is 61.1 Å². The molecule has 1 aromatic carbocycles. The summed E-state index contributed by atoms with van der Waals surface area (Å²) in [6, 6.07) is 8.23. The molecule has 0 saturated carbocycles. The molecule has 1 aromatic rings. The van der Waals surface area contributed by atoms with Crippen molar-refractivity contribution in [2.45, 2.75) is 37.0 Å². The summed E-state index contributed by atoms with van der Waals surface area (Å²) in [5, 5.41) is 0. The van der Waals surface area contributed by atoms with Crippen LogP contribution < -0.4 is 5.73 Å². The Hall–Kier alpha value is -2.08. The van der Waals surface area contributed by atoms with E-state index in [4.69, 9.17) is 10.5 Å². The Labute approximate surface area is 154 Å². The van der Waals surface area contributed by atoms with Crippen LogP contribution >= 0.6 is 0 Å². The van der Waals surface area contributed by atoms with E-state index in [9.17, 15) is 9.59 Å². The number of hydrogen-bond acceptors (Lipinski definition) is 3. The SMILES string of the molecule is NC(=O)N1CCC2(CC1)C[C@@H](CC(=O)N1CCOCC1)c1ccccc12. The van der Waals surface area contributed by atoms with E-state index in [1.165, 1.54) is 11.1 Å². The predicted octanol–water partition coefficient (Wildman–Crippen LogP) is 1.84. The molecule has 1 aliphatic carbocycles. The zero-order chi connectivity index (χ0) is 18.1. The summed E-state index contributed by atoms with van der Waals surface area (Å²) < 4.78 is 5.36. The van der Waals surface area contributed by atoms with Gasteiger partial charge in [0.1, 0.15) is 0 Å². The Kier molecular flexibility index (Phi) is 4.61. The quantitative estimate of drug-likeness (QED) is 0.877. The maximum atomic E-state index is 12.8. The molecule has 2 heterocycles. The molecular formula is C20H27N3O3. The topological polar surface area (TPSA) is 75.9 Å². The van der Waals surface area contributed by atoms with Gasteiger partial charge in [0, 0.05) is 32.6 Å². The number of carbonyl (C=O) groups excluding carboxylic acids is 2. The van der Waals surface area contributed by atoms with E-state index in [0.29, 0.717) is 45.8 Å². The van der Waals surface area contributed by atoms with Crippen LogP contribution in [0, 0.1) is 0 Å². The maximum Gasteiger partial charge on any atom is 0.314 e. The molecule has 6 nitrogen and oxygen atoms in total. The lowest BCUT2D eigenvalue weighted by Gasteiger charge is -2.39. The molecule has 0 aromatic heterocycles. The molecule has 3 aliphatic rings. The van der Waals surface area contributed by atoms with Crippen LogP contribution in [0.2, 0.25) is 0 Å². The summed E-state index contributed by atoms with van der Waals surface area (Å²) in [4.78, 5) is 27.9. The van der Waals surface area contributed by atoms with Gasteiger partial charge in [-0.3, -0.25) is 4.79 Å². The molecular weight excluding hydrogens is 330 g/mol. The number of fused-ring (bicyclic) bond motifs is 2. The van der Waals surface area contributed by atoms with Crippen LogP contribution in [0.4, 0.5) is 4.79 Å². The van der Waals surface area contributed by atoms with Crippen molar-refractivity contribution in [3.05, 3.63) is 35.4 Å². The van der Waals surface area contributed by atoms with Gasteiger partial charge in [-0.15, -0.1) is 0 Å². The van der Waals surface area contributed by atoms with Crippen molar-refractivity contribution < 1.29 is 14.3 Å². The van der Waals surface area contributed by atoms with Crippen molar-refractivity contribution in [3.8, 4) is 0 Å². The molecule has 0 radical (unpaired) electrons. The van der Waals surface area contributed by atoms with E-state index in [1.807, 2.05) is 4.90 Å². The molecule has 0 bridgehead atoms. The molecule has 2 saturated heterocycles. The zero-order valence-corrected chi connectivity index (χ0v) is 15.2. The van der Waals surface area contributed by atoms with Crippen molar-refractivity contribution in [2.24, 2.45) is 5.73 Å². The normalized spacial score (nSPS) is 24.5. The highest BCUT2D eigenvalue weighted by Crippen LogP contribution is 2.52. The summed E-state index contributed by atoms with van der Waals surface area (Å²) >= 11 is 0. The van der Waals surface area contributed by atoms with Gasteiger partial charge in [0.25, 0.3) is 0 Å². The Morgan fingerprint density at radius 2 is 1.77 bits per heavy atom. The third-order valence-electron chi connectivity index (χ3n) is 6.43. The van der Waals surface area contributed by atoms with E-state index < -0.39 is 0 Å². The highest BCUT2D eigenvalue weighted by molar-refractivity contribution is 5.77. The number of likely N-dealkylation sites (tertiary alicyclic amines) is 1. The second-order valence-electron chi connectivity index (χ2n) is 7.79. The lowest BCUT2D eigenvalue weighted by Crippen LogP contribution is -2.46. The highest BCUT2D eigenvalue weighted by Gasteiger charge is 2.46. The summed E-state index contributed by atoms with van der Waals surface area (Å²) in [6.07, 6.45) is 3.41. The highest BCUT2D eigenvalue weighted by atomic mass is 16.5. The lowest BCUT2D eigenvalue weighted by molar-refractivity contribution is -0.135. The summed E-state index contributed by atoms with van der Waals surface area (Å²) in [5.74, 6) is 0.501. The Morgan fingerprint density at radius 1 is 1.08 bits per heavy atom. The van der Waals surface area contributed by atoms with Gasteiger partial charge < -0.3 is 20.3 Å². The molecule has 2 fully saturated rings. The van der Waals surface area contributed by atoms with Crippen LogP contribution in [0.15, 0.2) is 24.3 Å². The molecule has 2 N–H and O–H groups in total. The van der Waals surface area contributed by atoms with Gasteiger partial charge in [-0.05, 0) is 41.7 Å². The minimum Gasteiger partial charge on any atom is -0.378 e. The van der Waals surface area contributed by atoms with Crippen molar-refractivity contribution in [3.63, 3.8) is 0 Å². The molecule has 2 aliphatic heterocycles. The summed E-state index contributed by atoms with van der Waals surface area (Å²) in [5.41, 5.74) is 8.23. The number of morpholine rings is 1. The van der Waals surface area contributed by atoms with E-state index in [1.54, 1.807) is 4.90 Å². The Morgan fingerprint density at radius 3 is 2.46 bits per heavy atom. The number of rotatable bonds is 2. The van der Waals surface area contributed by atoms with Crippen molar-refractivity contribution >= 4 is 11.9 Å². The minimum atomic E-state index is -0.329. The van der Waals surface area contributed by atoms with E-state index in [2.05, 4.69) is 24.3 Å². The third-order valence-corrected chi connectivity index (χ3v) is 6.43. The molecule has 3 amide bonds. The maximum absolute atomic E-state index is 12.8. The van der Waals surface area contributed by atoms with Crippen LogP contribution in [0.1, 0.15) is 42.7 Å². The summed E-state index contributed by atoms with van der Waals surface area (Å²) in [7, 11) is 0. The number of hydrogen-bond donors (Lipinski definition) is 1. The zero-order valence-electron chi connectivity index (χ0n) is 15.2. The van der Waals surface area contributed by atoms with Gasteiger partial charge in [0.15, 0.2) is 0 Å². The fourth-order valence-corrected chi connectivity index (χ4v) is 4.99. The fraction of sp³-hybridized carbons (Fsp3) is 0.600. The van der Waals surface area contributed by atoms with Crippen LogP contribution in [0.5, 0.6) is 0 Å². The van der Waals surface area contributed by atoms with Crippen LogP contribution in [0.3, 0.4) is 0 Å². The second-order valence-corrected chi connectivity index (χ2v) is 7.79. The second kappa shape index (κ2) is 6.91. The molecule has 0 unspecified atom stereocenters. The van der Waals surface area contributed by atoms with Gasteiger partial charge >= 0.3 is 6.03 Å². The van der Waals surface area contributed by atoms with Gasteiger partial charge in [-0.25, -0.2) is 4.79 Å². The average molecular weight is 357 g/mol. The first-order chi connectivity index (χ1) is 12.6. The number of urea groups is 1. The third kappa shape index (κ3) is 3.07. The van der Waals surface area contributed by atoms with Crippen LogP contribution in [0.25, 0.3) is 0 Å². The summed E-state index contributed by atoms with van der Waals surface area (Å²) in [6.45, 7) is 4.08. The van der Waals surface area contributed by atoms with E-state index >= 15 is 0 Å². The van der Waals surface area contributed by atoms with E-state index in [0.717, 1.165) is 19.3 Å². The number of amides is 3. The molecule has 1 spiro atoms. The number of nitrogens with two attached hydrogens (primary N) is 1. The van der Waals surface area contributed by atoms with Gasteiger partial charge in [0.05, 0.1) is 13.2 Å². The minimum absolute atomic E-state index is 0.0818. The van der Waals surface area contributed by atoms with E-state index in [-0.39, 0.29) is 23.3 Å². The van der Waals surface area contributed by atoms with Crippen molar-refractivity contribution in [1.29, 1.82) is 0 Å². The molecule has 26 heavy (non-hydrogen) atoms. The standard InChI is InChI=1S/C20H27N3O3/c21-19(25)23-7-5-20(6-8-23)14-15(16-3-1-2-4-17(16)20)13-18(24)22-9-11-26-12-10-22/h1-4,15H,5-14H2,(H2,21,25)/t15-/m1/s1. The number of nitrogens with zero attached hydrogens (tertiary/aromatic N) is 2. The predicted molar refractivity (Wildman–Crippen MR) is 97.9 cm³/mol. The number of carbonyl (C=O) groups is 2. The smallest absolute Gasteiger partial charge is 0.314 e. The lowest BCUT2D eigenvalue weighted by atomic mass is 9.73. The molecule has 1 atom stereocenters. The first-order valence-electron chi connectivity index (χ1n) is 9.58. The first-order valence-corrected chi connectivity index (χ1v) is 9.58.